The Bertz CT molecular complexity index is 581. The highest BCUT2D eigenvalue weighted by Crippen LogP contribution is 2.33. The first kappa shape index (κ1) is 15.5. The molecule has 0 aromatic heterocycles. The molecule has 3 heteroatoms. The summed E-state index contributed by atoms with van der Waals surface area (Å²) in [6.45, 7) is 4.90. The summed E-state index contributed by atoms with van der Waals surface area (Å²) in [6.07, 6.45) is 0. The van der Waals surface area contributed by atoms with Crippen molar-refractivity contribution >= 4 is 5.69 Å². The van der Waals surface area contributed by atoms with Gasteiger partial charge in [0.25, 0.3) is 0 Å². The maximum absolute atomic E-state index is 13.9. The fourth-order valence-electron chi connectivity index (χ4n) is 2.67. The number of hydrogen-bond donors (Lipinski definition) is 1. The van der Waals surface area contributed by atoms with Crippen molar-refractivity contribution in [3.05, 3.63) is 66.0 Å². The molecule has 0 heterocycles. The zero-order chi connectivity index (χ0) is 15.5. The van der Waals surface area contributed by atoms with E-state index in [-0.39, 0.29) is 17.3 Å². The van der Waals surface area contributed by atoms with Gasteiger partial charge in [-0.2, -0.15) is 0 Å². The van der Waals surface area contributed by atoms with Gasteiger partial charge < -0.3 is 10.6 Å². The SMILES string of the molecule is CN(CC(C)(C)C(N)c1ccccc1)c1ccccc1F. The molecule has 1 unspecified atom stereocenters. The molecular formula is C18H23FN2. The second-order valence-electron chi connectivity index (χ2n) is 6.18. The molecule has 0 saturated heterocycles. The minimum atomic E-state index is -0.205. The average Bonchev–Trinajstić information content (AvgIpc) is 2.47. The van der Waals surface area contributed by atoms with E-state index in [0.717, 1.165) is 5.56 Å². The van der Waals surface area contributed by atoms with Gasteiger partial charge in [0.2, 0.25) is 0 Å². The van der Waals surface area contributed by atoms with Crippen molar-refractivity contribution in [2.45, 2.75) is 19.9 Å². The summed E-state index contributed by atoms with van der Waals surface area (Å²) in [7, 11) is 1.90. The van der Waals surface area contributed by atoms with Gasteiger partial charge in [0.05, 0.1) is 5.69 Å². The number of halogens is 1. The summed E-state index contributed by atoms with van der Waals surface area (Å²) < 4.78 is 13.9. The van der Waals surface area contributed by atoms with Crippen molar-refractivity contribution in [3.63, 3.8) is 0 Å². The van der Waals surface area contributed by atoms with Crippen LogP contribution < -0.4 is 10.6 Å². The predicted octanol–water partition coefficient (Wildman–Crippen LogP) is 3.99. The fourth-order valence-corrected chi connectivity index (χ4v) is 2.67. The molecule has 0 aliphatic carbocycles. The molecule has 2 rings (SSSR count). The van der Waals surface area contributed by atoms with Gasteiger partial charge in [-0.15, -0.1) is 0 Å². The number of anilines is 1. The van der Waals surface area contributed by atoms with Crippen LogP contribution in [0, 0.1) is 11.2 Å². The maximum atomic E-state index is 13.9. The highest BCUT2D eigenvalue weighted by Gasteiger charge is 2.29. The summed E-state index contributed by atoms with van der Waals surface area (Å²) in [6, 6.07) is 16.8. The molecule has 0 aliphatic heterocycles. The van der Waals surface area contributed by atoms with E-state index >= 15 is 0 Å². The predicted molar refractivity (Wildman–Crippen MR) is 86.8 cm³/mol. The van der Waals surface area contributed by atoms with Crippen LogP contribution in [0.2, 0.25) is 0 Å². The largest absolute Gasteiger partial charge is 0.372 e. The zero-order valence-electron chi connectivity index (χ0n) is 12.9. The van der Waals surface area contributed by atoms with Crippen molar-refractivity contribution in [1.82, 2.24) is 0 Å². The Morgan fingerprint density at radius 2 is 1.62 bits per heavy atom. The Morgan fingerprint density at radius 1 is 1.05 bits per heavy atom. The summed E-state index contributed by atoms with van der Waals surface area (Å²) >= 11 is 0. The van der Waals surface area contributed by atoms with Crippen LogP contribution in [0.3, 0.4) is 0 Å². The van der Waals surface area contributed by atoms with E-state index in [2.05, 4.69) is 13.8 Å². The Balaban J connectivity index is 2.15. The standard InChI is InChI=1S/C18H23FN2/c1-18(2,17(20)14-9-5-4-6-10-14)13-21(3)16-12-8-7-11-15(16)19/h4-12,17H,13,20H2,1-3H3. The number of nitrogens with two attached hydrogens (primary N) is 1. The molecule has 0 saturated carbocycles. The Hall–Kier alpha value is -1.87. The minimum Gasteiger partial charge on any atom is -0.372 e. The molecule has 0 radical (unpaired) electrons. The van der Waals surface area contributed by atoms with E-state index in [1.807, 2.05) is 48.3 Å². The highest BCUT2D eigenvalue weighted by molar-refractivity contribution is 5.47. The van der Waals surface area contributed by atoms with Gasteiger partial charge in [-0.3, -0.25) is 0 Å². The van der Waals surface area contributed by atoms with E-state index in [4.69, 9.17) is 5.73 Å². The molecule has 1 atom stereocenters. The minimum absolute atomic E-state index is 0.104. The third-order valence-corrected chi connectivity index (χ3v) is 3.91. The van der Waals surface area contributed by atoms with Gasteiger partial charge in [-0.1, -0.05) is 56.3 Å². The summed E-state index contributed by atoms with van der Waals surface area (Å²) in [5.74, 6) is -0.205. The lowest BCUT2D eigenvalue weighted by Crippen LogP contribution is -2.39. The van der Waals surface area contributed by atoms with Crippen LogP contribution in [0.15, 0.2) is 54.6 Å². The lowest BCUT2D eigenvalue weighted by Gasteiger charge is -2.36. The summed E-state index contributed by atoms with van der Waals surface area (Å²) in [4.78, 5) is 1.93. The number of nitrogens with zero attached hydrogens (tertiary/aromatic N) is 1. The molecule has 2 aromatic rings. The first-order valence-corrected chi connectivity index (χ1v) is 7.18. The Labute approximate surface area is 126 Å². The quantitative estimate of drug-likeness (QED) is 0.900. The van der Waals surface area contributed by atoms with Gasteiger partial charge >= 0.3 is 0 Å². The van der Waals surface area contributed by atoms with E-state index in [9.17, 15) is 4.39 Å². The van der Waals surface area contributed by atoms with Gasteiger partial charge in [-0.25, -0.2) is 4.39 Å². The fraction of sp³-hybridized carbons (Fsp3) is 0.333. The zero-order valence-corrected chi connectivity index (χ0v) is 12.9. The molecule has 2 aromatic carbocycles. The lowest BCUT2D eigenvalue weighted by atomic mass is 9.80. The topological polar surface area (TPSA) is 29.3 Å². The van der Waals surface area contributed by atoms with Crippen molar-refractivity contribution < 1.29 is 4.39 Å². The number of benzene rings is 2. The van der Waals surface area contributed by atoms with Crippen LogP contribution in [0.4, 0.5) is 10.1 Å². The first-order valence-electron chi connectivity index (χ1n) is 7.18. The number of hydrogen-bond acceptors (Lipinski definition) is 2. The third-order valence-electron chi connectivity index (χ3n) is 3.91. The molecule has 0 aliphatic rings. The molecular weight excluding hydrogens is 263 g/mol. The van der Waals surface area contributed by atoms with Crippen LogP contribution in [-0.2, 0) is 0 Å². The van der Waals surface area contributed by atoms with E-state index in [1.165, 1.54) is 6.07 Å². The molecule has 0 bridgehead atoms. The molecule has 112 valence electrons. The van der Waals surface area contributed by atoms with E-state index in [1.54, 1.807) is 12.1 Å². The third kappa shape index (κ3) is 3.61. The number of rotatable bonds is 5. The normalized spacial score (nSPS) is 13.0. The second-order valence-corrected chi connectivity index (χ2v) is 6.18. The van der Waals surface area contributed by atoms with Crippen LogP contribution in [0.25, 0.3) is 0 Å². The van der Waals surface area contributed by atoms with Crippen LogP contribution in [0.1, 0.15) is 25.5 Å². The van der Waals surface area contributed by atoms with Crippen LogP contribution in [-0.4, -0.2) is 13.6 Å². The highest BCUT2D eigenvalue weighted by atomic mass is 19.1. The van der Waals surface area contributed by atoms with Crippen LogP contribution in [0.5, 0.6) is 0 Å². The van der Waals surface area contributed by atoms with Crippen molar-refractivity contribution in [1.29, 1.82) is 0 Å². The second kappa shape index (κ2) is 6.27. The molecule has 0 spiro atoms. The average molecular weight is 286 g/mol. The molecule has 2 N–H and O–H groups in total. The van der Waals surface area contributed by atoms with Gasteiger partial charge in [0.1, 0.15) is 5.82 Å². The van der Waals surface area contributed by atoms with Gasteiger partial charge in [0, 0.05) is 25.0 Å². The smallest absolute Gasteiger partial charge is 0.146 e. The molecule has 21 heavy (non-hydrogen) atoms. The van der Waals surface area contributed by atoms with Crippen molar-refractivity contribution in [2.24, 2.45) is 11.1 Å². The van der Waals surface area contributed by atoms with E-state index in [0.29, 0.717) is 12.2 Å². The summed E-state index contributed by atoms with van der Waals surface area (Å²) in [5, 5.41) is 0. The molecule has 0 fully saturated rings. The van der Waals surface area contributed by atoms with Crippen molar-refractivity contribution in [2.75, 3.05) is 18.5 Å². The lowest BCUT2D eigenvalue weighted by molar-refractivity contribution is 0.296. The maximum Gasteiger partial charge on any atom is 0.146 e. The Kier molecular flexibility index (Phi) is 4.63. The summed E-state index contributed by atoms with van der Waals surface area (Å²) in [5.41, 5.74) is 7.94. The van der Waals surface area contributed by atoms with E-state index < -0.39 is 0 Å². The monoisotopic (exact) mass is 286 g/mol. The molecule has 2 nitrogen and oxygen atoms in total. The Morgan fingerprint density at radius 3 is 2.24 bits per heavy atom. The number of para-hydroxylation sites is 1. The molecule has 0 amide bonds. The van der Waals surface area contributed by atoms with Gasteiger partial charge in [-0.05, 0) is 17.7 Å². The first-order chi connectivity index (χ1) is 9.92. The van der Waals surface area contributed by atoms with Crippen LogP contribution >= 0.6 is 0 Å². The van der Waals surface area contributed by atoms with Gasteiger partial charge in [0.15, 0.2) is 0 Å². The van der Waals surface area contributed by atoms with Crippen molar-refractivity contribution in [3.8, 4) is 0 Å².